The molecule has 0 aromatic heterocycles. The third-order valence-corrected chi connectivity index (χ3v) is 3.16. The van der Waals surface area contributed by atoms with Crippen molar-refractivity contribution < 1.29 is 14.7 Å². The number of benzene rings is 1. The Labute approximate surface area is 113 Å². The van der Waals surface area contributed by atoms with E-state index in [1.807, 2.05) is 13.8 Å². The zero-order valence-corrected chi connectivity index (χ0v) is 11.9. The average molecular weight is 263 g/mol. The third-order valence-electron chi connectivity index (χ3n) is 3.16. The van der Waals surface area contributed by atoms with Crippen LogP contribution in [0.1, 0.15) is 58.5 Å². The molecule has 104 valence electrons. The van der Waals surface area contributed by atoms with E-state index < -0.39 is 5.97 Å². The number of nitrogens with one attached hydrogen (secondary N) is 1. The van der Waals surface area contributed by atoms with Gasteiger partial charge in [-0.1, -0.05) is 25.5 Å². The van der Waals surface area contributed by atoms with Crippen molar-refractivity contribution in [3.8, 4) is 0 Å². The molecule has 1 atom stereocenters. The van der Waals surface area contributed by atoms with Gasteiger partial charge in [0.2, 0.25) is 0 Å². The number of carboxylic acid groups (broad SMARTS) is 1. The summed E-state index contributed by atoms with van der Waals surface area (Å²) < 4.78 is 0. The Morgan fingerprint density at radius 3 is 2.21 bits per heavy atom. The van der Waals surface area contributed by atoms with Gasteiger partial charge in [-0.15, -0.1) is 0 Å². The fraction of sp³-hybridized carbons (Fsp3) is 0.467. The molecule has 4 heteroatoms. The molecule has 0 aliphatic heterocycles. The molecule has 4 nitrogen and oxygen atoms in total. The van der Waals surface area contributed by atoms with Gasteiger partial charge in [0.1, 0.15) is 0 Å². The van der Waals surface area contributed by atoms with Crippen LogP contribution in [-0.2, 0) is 0 Å². The van der Waals surface area contributed by atoms with E-state index in [-0.39, 0.29) is 23.1 Å². The quantitative estimate of drug-likeness (QED) is 0.858. The van der Waals surface area contributed by atoms with Gasteiger partial charge in [-0.2, -0.15) is 0 Å². The minimum Gasteiger partial charge on any atom is -0.478 e. The van der Waals surface area contributed by atoms with Crippen LogP contribution < -0.4 is 5.32 Å². The van der Waals surface area contributed by atoms with E-state index in [4.69, 9.17) is 0 Å². The Bertz CT molecular complexity index is 494. The lowest BCUT2D eigenvalue weighted by molar-refractivity contribution is 0.0689. The van der Waals surface area contributed by atoms with Crippen LogP contribution in [0.5, 0.6) is 0 Å². The summed E-state index contributed by atoms with van der Waals surface area (Å²) in [6, 6.07) is 3.55. The maximum Gasteiger partial charge on any atom is 0.336 e. The van der Waals surface area contributed by atoms with E-state index in [0.717, 1.165) is 12.8 Å². The zero-order chi connectivity index (χ0) is 14.6. The molecular formula is C15H21NO3. The van der Waals surface area contributed by atoms with Gasteiger partial charge in [0.05, 0.1) is 11.1 Å². The SMILES string of the molecule is CCCC(C)NC(=O)c1c(C)ccc(C)c1C(=O)O. The topological polar surface area (TPSA) is 66.4 Å². The monoisotopic (exact) mass is 263 g/mol. The molecule has 1 aromatic rings. The number of hydrogen-bond donors (Lipinski definition) is 2. The van der Waals surface area contributed by atoms with Crippen LogP contribution in [0.3, 0.4) is 0 Å². The lowest BCUT2D eigenvalue weighted by Gasteiger charge is -2.16. The molecule has 1 rings (SSSR count). The second kappa shape index (κ2) is 6.36. The second-order valence-electron chi connectivity index (χ2n) is 4.92. The molecule has 0 aliphatic rings. The van der Waals surface area contributed by atoms with Crippen molar-refractivity contribution in [2.45, 2.75) is 46.6 Å². The maximum absolute atomic E-state index is 12.3. The van der Waals surface area contributed by atoms with Gasteiger partial charge in [-0.3, -0.25) is 4.79 Å². The molecule has 0 heterocycles. The van der Waals surface area contributed by atoms with Crippen molar-refractivity contribution in [1.29, 1.82) is 0 Å². The number of rotatable bonds is 5. The lowest BCUT2D eigenvalue weighted by atomic mass is 9.96. The molecule has 1 unspecified atom stereocenters. The summed E-state index contributed by atoms with van der Waals surface area (Å²) in [5.74, 6) is -1.37. The molecular weight excluding hydrogens is 242 g/mol. The number of carbonyl (C=O) groups is 2. The van der Waals surface area contributed by atoms with Crippen molar-refractivity contribution >= 4 is 11.9 Å². The number of amides is 1. The third kappa shape index (κ3) is 3.56. The summed E-state index contributed by atoms with van der Waals surface area (Å²) in [6.07, 6.45) is 1.85. The molecule has 0 saturated heterocycles. The van der Waals surface area contributed by atoms with Gasteiger partial charge in [0, 0.05) is 6.04 Å². The first-order chi connectivity index (χ1) is 8.88. The average Bonchev–Trinajstić information content (AvgIpc) is 2.31. The van der Waals surface area contributed by atoms with Crippen LogP contribution in [-0.4, -0.2) is 23.0 Å². The highest BCUT2D eigenvalue weighted by Gasteiger charge is 2.21. The summed E-state index contributed by atoms with van der Waals surface area (Å²) in [5, 5.41) is 12.1. The van der Waals surface area contributed by atoms with E-state index in [2.05, 4.69) is 5.32 Å². The highest BCUT2D eigenvalue weighted by atomic mass is 16.4. The van der Waals surface area contributed by atoms with Crippen LogP contribution in [0.2, 0.25) is 0 Å². The molecule has 0 radical (unpaired) electrons. The number of hydrogen-bond acceptors (Lipinski definition) is 2. The number of carboxylic acids is 1. The fourth-order valence-corrected chi connectivity index (χ4v) is 2.18. The van der Waals surface area contributed by atoms with Gasteiger partial charge in [-0.05, 0) is 38.3 Å². The molecule has 0 spiro atoms. The van der Waals surface area contributed by atoms with E-state index in [0.29, 0.717) is 11.1 Å². The van der Waals surface area contributed by atoms with Crippen LogP contribution >= 0.6 is 0 Å². The Hall–Kier alpha value is -1.84. The first-order valence-electron chi connectivity index (χ1n) is 6.52. The second-order valence-corrected chi connectivity index (χ2v) is 4.92. The van der Waals surface area contributed by atoms with E-state index >= 15 is 0 Å². The van der Waals surface area contributed by atoms with Crippen molar-refractivity contribution in [2.24, 2.45) is 0 Å². The molecule has 0 bridgehead atoms. The summed E-state index contributed by atoms with van der Waals surface area (Å²) in [6.45, 7) is 7.43. The van der Waals surface area contributed by atoms with Crippen LogP contribution in [0.4, 0.5) is 0 Å². The largest absolute Gasteiger partial charge is 0.478 e. The normalized spacial score (nSPS) is 12.0. The molecule has 2 N–H and O–H groups in total. The number of aryl methyl sites for hydroxylation is 2. The Kier molecular flexibility index (Phi) is 5.10. The minimum absolute atomic E-state index is 0.0408. The van der Waals surface area contributed by atoms with Crippen molar-refractivity contribution in [3.63, 3.8) is 0 Å². The highest BCUT2D eigenvalue weighted by molar-refractivity contribution is 6.06. The minimum atomic E-state index is -1.06. The first-order valence-corrected chi connectivity index (χ1v) is 6.52. The van der Waals surface area contributed by atoms with Crippen LogP contribution in [0.15, 0.2) is 12.1 Å². The fourth-order valence-electron chi connectivity index (χ4n) is 2.18. The van der Waals surface area contributed by atoms with Crippen LogP contribution in [0, 0.1) is 13.8 Å². The molecule has 0 saturated carbocycles. The summed E-state index contributed by atoms with van der Waals surface area (Å²) in [5.41, 5.74) is 1.66. The summed E-state index contributed by atoms with van der Waals surface area (Å²) in [4.78, 5) is 23.6. The lowest BCUT2D eigenvalue weighted by Crippen LogP contribution is -2.34. The molecule has 0 aliphatic carbocycles. The van der Waals surface area contributed by atoms with Crippen molar-refractivity contribution in [2.75, 3.05) is 0 Å². The van der Waals surface area contributed by atoms with E-state index in [1.165, 1.54) is 0 Å². The van der Waals surface area contributed by atoms with Gasteiger partial charge in [-0.25, -0.2) is 4.79 Å². The Morgan fingerprint density at radius 1 is 1.21 bits per heavy atom. The van der Waals surface area contributed by atoms with Crippen molar-refractivity contribution in [1.82, 2.24) is 5.32 Å². The summed E-state index contributed by atoms with van der Waals surface area (Å²) in [7, 11) is 0. The zero-order valence-electron chi connectivity index (χ0n) is 11.9. The maximum atomic E-state index is 12.3. The number of carbonyl (C=O) groups excluding carboxylic acids is 1. The Balaban J connectivity index is 3.15. The smallest absolute Gasteiger partial charge is 0.336 e. The molecule has 0 fully saturated rings. The highest BCUT2D eigenvalue weighted by Crippen LogP contribution is 2.19. The van der Waals surface area contributed by atoms with Gasteiger partial charge >= 0.3 is 5.97 Å². The van der Waals surface area contributed by atoms with Crippen LogP contribution in [0.25, 0.3) is 0 Å². The van der Waals surface area contributed by atoms with E-state index in [9.17, 15) is 14.7 Å². The van der Waals surface area contributed by atoms with E-state index in [1.54, 1.807) is 26.0 Å². The van der Waals surface area contributed by atoms with Crippen molar-refractivity contribution in [3.05, 3.63) is 34.4 Å². The Morgan fingerprint density at radius 2 is 1.74 bits per heavy atom. The van der Waals surface area contributed by atoms with Gasteiger partial charge in [0.15, 0.2) is 0 Å². The predicted octanol–water partition coefficient (Wildman–Crippen LogP) is 2.92. The predicted molar refractivity (Wildman–Crippen MR) is 74.7 cm³/mol. The standard InChI is InChI=1S/C15H21NO3/c1-5-6-11(4)16-14(17)12-9(2)7-8-10(3)13(12)15(18)19/h7-8,11H,5-6H2,1-4H3,(H,16,17)(H,18,19). The van der Waals surface area contributed by atoms with Gasteiger partial charge in [0.25, 0.3) is 5.91 Å². The number of aromatic carboxylic acids is 1. The summed E-state index contributed by atoms with van der Waals surface area (Å²) >= 11 is 0. The van der Waals surface area contributed by atoms with Gasteiger partial charge < -0.3 is 10.4 Å². The first kappa shape index (κ1) is 15.2. The molecule has 19 heavy (non-hydrogen) atoms. The molecule has 1 aromatic carbocycles. The molecule has 1 amide bonds.